The van der Waals surface area contributed by atoms with Gasteiger partial charge in [0, 0.05) is 12.6 Å². The number of nitrogens with zero attached hydrogens (tertiary/aromatic N) is 2. The third-order valence-corrected chi connectivity index (χ3v) is 3.09. The van der Waals surface area contributed by atoms with Gasteiger partial charge < -0.3 is 5.32 Å². The van der Waals surface area contributed by atoms with Gasteiger partial charge in [0.2, 0.25) is 0 Å². The first-order chi connectivity index (χ1) is 9.99. The quantitative estimate of drug-likeness (QED) is 0.684. The van der Waals surface area contributed by atoms with E-state index in [9.17, 15) is 10.1 Å². The Kier molecular flexibility index (Phi) is 4.19. The summed E-state index contributed by atoms with van der Waals surface area (Å²) in [5.74, 6) is 0. The molecule has 0 aliphatic heterocycles. The lowest BCUT2D eigenvalue weighted by atomic mass is 10.1. The molecule has 0 spiro atoms. The van der Waals surface area contributed by atoms with Crippen LogP contribution >= 0.6 is 0 Å². The molecular weight excluding hydrogens is 266 g/mol. The number of nitrogens with one attached hydrogen (secondary N) is 1. The van der Waals surface area contributed by atoms with Crippen molar-refractivity contribution in [3.8, 4) is 6.07 Å². The number of nitro benzene ring substituents is 1. The van der Waals surface area contributed by atoms with E-state index in [0.29, 0.717) is 12.2 Å². The number of nitro groups is 1. The largest absolute Gasteiger partial charge is 0.375 e. The first-order valence-corrected chi connectivity index (χ1v) is 6.49. The molecule has 0 radical (unpaired) electrons. The van der Waals surface area contributed by atoms with Crippen LogP contribution in [0, 0.1) is 35.3 Å². The summed E-state index contributed by atoms with van der Waals surface area (Å²) in [5, 5.41) is 22.9. The zero-order valence-electron chi connectivity index (χ0n) is 11.9. The Morgan fingerprint density at radius 2 is 1.86 bits per heavy atom. The lowest BCUT2D eigenvalue weighted by Crippen LogP contribution is -2.03. The molecule has 0 aliphatic carbocycles. The van der Waals surface area contributed by atoms with Crippen LogP contribution in [0.1, 0.15) is 22.3 Å². The van der Waals surface area contributed by atoms with Gasteiger partial charge >= 0.3 is 0 Å². The van der Waals surface area contributed by atoms with E-state index < -0.39 is 4.92 Å². The second-order valence-corrected chi connectivity index (χ2v) is 4.95. The Morgan fingerprint density at radius 3 is 2.43 bits per heavy atom. The van der Waals surface area contributed by atoms with Crippen molar-refractivity contribution in [3.63, 3.8) is 0 Å². The highest BCUT2D eigenvalue weighted by Crippen LogP contribution is 2.26. The van der Waals surface area contributed by atoms with Crippen molar-refractivity contribution in [2.45, 2.75) is 20.4 Å². The summed E-state index contributed by atoms with van der Waals surface area (Å²) in [6.45, 7) is 4.52. The molecule has 0 saturated carbocycles. The van der Waals surface area contributed by atoms with Crippen LogP contribution in [-0.4, -0.2) is 4.92 Å². The summed E-state index contributed by atoms with van der Waals surface area (Å²) in [5.41, 5.74) is 3.98. The molecule has 0 bridgehead atoms. The average molecular weight is 281 g/mol. The molecule has 21 heavy (non-hydrogen) atoms. The summed E-state index contributed by atoms with van der Waals surface area (Å²) >= 11 is 0. The number of hydrogen-bond acceptors (Lipinski definition) is 4. The van der Waals surface area contributed by atoms with Gasteiger partial charge in [-0.15, -0.1) is 0 Å². The van der Waals surface area contributed by atoms with Crippen molar-refractivity contribution in [2.24, 2.45) is 0 Å². The monoisotopic (exact) mass is 281 g/mol. The van der Waals surface area contributed by atoms with Gasteiger partial charge in [-0.05, 0) is 31.5 Å². The minimum absolute atomic E-state index is 0.0848. The lowest BCUT2D eigenvalue weighted by molar-refractivity contribution is -0.384. The van der Waals surface area contributed by atoms with Crippen molar-refractivity contribution in [1.82, 2.24) is 0 Å². The number of rotatable bonds is 4. The highest BCUT2D eigenvalue weighted by molar-refractivity contribution is 5.64. The van der Waals surface area contributed by atoms with E-state index in [1.807, 2.05) is 32.0 Å². The van der Waals surface area contributed by atoms with Gasteiger partial charge in [0.1, 0.15) is 5.69 Å². The van der Waals surface area contributed by atoms with Crippen LogP contribution in [0.25, 0.3) is 0 Å². The zero-order chi connectivity index (χ0) is 15.4. The van der Waals surface area contributed by atoms with E-state index in [0.717, 1.165) is 16.7 Å². The normalized spacial score (nSPS) is 9.95. The average Bonchev–Trinajstić information content (AvgIpc) is 2.43. The summed E-state index contributed by atoms with van der Waals surface area (Å²) in [6.07, 6.45) is 0. The molecule has 0 fully saturated rings. The Labute approximate surface area is 123 Å². The molecule has 0 aliphatic rings. The van der Waals surface area contributed by atoms with Crippen LogP contribution in [0.3, 0.4) is 0 Å². The minimum Gasteiger partial charge on any atom is -0.375 e. The molecular formula is C16H15N3O2. The molecule has 0 unspecified atom stereocenters. The van der Waals surface area contributed by atoms with Gasteiger partial charge in [-0.3, -0.25) is 10.1 Å². The van der Waals surface area contributed by atoms with E-state index in [4.69, 9.17) is 5.26 Å². The zero-order valence-corrected chi connectivity index (χ0v) is 11.9. The molecule has 2 aromatic carbocycles. The van der Waals surface area contributed by atoms with Crippen molar-refractivity contribution >= 4 is 11.4 Å². The number of benzene rings is 2. The summed E-state index contributed by atoms with van der Waals surface area (Å²) in [6, 6.07) is 12.5. The summed E-state index contributed by atoms with van der Waals surface area (Å²) < 4.78 is 0. The van der Waals surface area contributed by atoms with Crippen molar-refractivity contribution in [1.29, 1.82) is 5.26 Å². The summed E-state index contributed by atoms with van der Waals surface area (Å²) in [7, 11) is 0. The predicted molar refractivity (Wildman–Crippen MR) is 81.1 cm³/mol. The van der Waals surface area contributed by atoms with Crippen LogP contribution in [0.5, 0.6) is 0 Å². The molecule has 0 atom stereocenters. The third-order valence-electron chi connectivity index (χ3n) is 3.09. The lowest BCUT2D eigenvalue weighted by Gasteiger charge is -2.09. The Bertz CT molecular complexity index is 713. The van der Waals surface area contributed by atoms with E-state index in [1.165, 1.54) is 6.07 Å². The van der Waals surface area contributed by atoms with Gasteiger partial charge in [0.25, 0.3) is 5.69 Å². The van der Waals surface area contributed by atoms with Gasteiger partial charge in [0.05, 0.1) is 16.6 Å². The Balaban J connectivity index is 2.23. The SMILES string of the molecule is Cc1cc(C)cc(CNc2ccc(C#N)cc2[N+](=O)[O-])c1. The fourth-order valence-corrected chi connectivity index (χ4v) is 2.27. The van der Waals surface area contributed by atoms with Gasteiger partial charge in [-0.2, -0.15) is 5.26 Å². The maximum atomic E-state index is 11.1. The molecule has 0 aromatic heterocycles. The molecule has 5 nitrogen and oxygen atoms in total. The van der Waals surface area contributed by atoms with Crippen molar-refractivity contribution < 1.29 is 4.92 Å². The molecule has 106 valence electrons. The van der Waals surface area contributed by atoms with Crippen molar-refractivity contribution in [3.05, 3.63) is 68.8 Å². The Hall–Kier alpha value is -2.87. The van der Waals surface area contributed by atoms with Crippen LogP contribution in [0.15, 0.2) is 36.4 Å². The van der Waals surface area contributed by atoms with Crippen LogP contribution in [-0.2, 0) is 6.54 Å². The molecule has 2 rings (SSSR count). The first kappa shape index (κ1) is 14.5. The maximum absolute atomic E-state index is 11.1. The Morgan fingerprint density at radius 1 is 1.19 bits per heavy atom. The molecule has 2 aromatic rings. The van der Waals surface area contributed by atoms with Gasteiger partial charge in [0.15, 0.2) is 0 Å². The fraction of sp³-hybridized carbons (Fsp3) is 0.188. The topological polar surface area (TPSA) is 79.0 Å². The molecule has 0 saturated heterocycles. The van der Waals surface area contributed by atoms with Gasteiger partial charge in [-0.25, -0.2) is 0 Å². The molecule has 1 N–H and O–H groups in total. The predicted octanol–water partition coefficient (Wildman–Crippen LogP) is 3.70. The highest BCUT2D eigenvalue weighted by atomic mass is 16.6. The first-order valence-electron chi connectivity index (χ1n) is 6.49. The van der Waals surface area contributed by atoms with Crippen LogP contribution in [0.4, 0.5) is 11.4 Å². The standard InChI is InChI=1S/C16H15N3O2/c1-11-5-12(2)7-14(6-11)10-18-15-4-3-13(9-17)8-16(15)19(20)21/h3-8,18H,10H2,1-2H3. The second-order valence-electron chi connectivity index (χ2n) is 4.95. The van der Waals surface area contributed by atoms with Crippen LogP contribution in [0.2, 0.25) is 0 Å². The van der Waals surface area contributed by atoms with E-state index in [-0.39, 0.29) is 11.3 Å². The van der Waals surface area contributed by atoms with E-state index in [1.54, 1.807) is 12.1 Å². The molecule has 5 heteroatoms. The van der Waals surface area contributed by atoms with Crippen LogP contribution < -0.4 is 5.32 Å². The maximum Gasteiger partial charge on any atom is 0.293 e. The third kappa shape index (κ3) is 3.57. The second kappa shape index (κ2) is 6.06. The van der Waals surface area contributed by atoms with E-state index in [2.05, 4.69) is 11.4 Å². The summed E-state index contributed by atoms with van der Waals surface area (Å²) in [4.78, 5) is 10.6. The number of nitriles is 1. The number of anilines is 1. The minimum atomic E-state index is -0.481. The smallest absolute Gasteiger partial charge is 0.293 e. The number of aryl methyl sites for hydroxylation is 2. The fourth-order valence-electron chi connectivity index (χ4n) is 2.27. The van der Waals surface area contributed by atoms with Crippen molar-refractivity contribution in [2.75, 3.05) is 5.32 Å². The molecule has 0 amide bonds. The van der Waals surface area contributed by atoms with E-state index >= 15 is 0 Å². The molecule has 0 heterocycles. The highest BCUT2D eigenvalue weighted by Gasteiger charge is 2.14. The number of hydrogen-bond donors (Lipinski definition) is 1. The van der Waals surface area contributed by atoms with Gasteiger partial charge in [-0.1, -0.05) is 29.3 Å².